The molecular weight excluding hydrogens is 260 g/mol. The number of amides is 1. The summed E-state index contributed by atoms with van der Waals surface area (Å²) >= 11 is 0. The van der Waals surface area contributed by atoms with Crippen LogP contribution in [-0.4, -0.2) is 19.5 Å². The highest BCUT2D eigenvalue weighted by atomic mass is 16.1. The van der Waals surface area contributed by atoms with E-state index in [1.165, 1.54) is 43.2 Å². The molecule has 1 aromatic rings. The minimum absolute atomic E-state index is 0.0999. The van der Waals surface area contributed by atoms with Crippen molar-refractivity contribution in [3.8, 4) is 0 Å². The Hall–Kier alpha value is -1.35. The van der Waals surface area contributed by atoms with Gasteiger partial charge in [-0.15, -0.1) is 0 Å². The molecule has 21 heavy (non-hydrogen) atoms. The van der Waals surface area contributed by atoms with E-state index in [0.717, 1.165) is 24.9 Å². The van der Waals surface area contributed by atoms with E-state index < -0.39 is 0 Å². The number of nitrogens with one attached hydrogen (secondary N) is 2. The molecule has 1 aromatic carbocycles. The summed E-state index contributed by atoms with van der Waals surface area (Å²) in [6, 6.07) is 6.91. The van der Waals surface area contributed by atoms with Crippen molar-refractivity contribution in [3.63, 3.8) is 0 Å². The first-order chi connectivity index (χ1) is 10.3. The van der Waals surface area contributed by atoms with Crippen LogP contribution in [0.2, 0.25) is 0 Å². The van der Waals surface area contributed by atoms with Gasteiger partial charge >= 0.3 is 0 Å². The number of fused-ring (bicyclic) bond motifs is 1. The first-order valence-electron chi connectivity index (χ1n) is 8.38. The van der Waals surface area contributed by atoms with E-state index >= 15 is 0 Å². The minimum atomic E-state index is 0.0999. The van der Waals surface area contributed by atoms with Gasteiger partial charge < -0.3 is 10.6 Å². The Labute approximate surface area is 127 Å². The highest BCUT2D eigenvalue weighted by Crippen LogP contribution is 2.35. The van der Waals surface area contributed by atoms with Crippen molar-refractivity contribution >= 4 is 5.91 Å². The molecule has 0 spiro atoms. The second-order valence-corrected chi connectivity index (χ2v) is 6.44. The average molecular weight is 286 g/mol. The van der Waals surface area contributed by atoms with E-state index in [2.05, 4.69) is 28.8 Å². The van der Waals surface area contributed by atoms with Crippen molar-refractivity contribution in [2.45, 2.75) is 51.0 Å². The third-order valence-corrected chi connectivity index (χ3v) is 5.08. The molecule has 114 valence electrons. The van der Waals surface area contributed by atoms with E-state index in [-0.39, 0.29) is 5.91 Å². The van der Waals surface area contributed by atoms with Gasteiger partial charge in [0.05, 0.1) is 0 Å². The predicted molar refractivity (Wildman–Crippen MR) is 85.5 cm³/mol. The fourth-order valence-electron chi connectivity index (χ4n) is 3.93. The van der Waals surface area contributed by atoms with Crippen LogP contribution in [0.15, 0.2) is 18.2 Å². The first kappa shape index (κ1) is 14.6. The molecule has 1 aliphatic carbocycles. The van der Waals surface area contributed by atoms with E-state index in [9.17, 15) is 4.79 Å². The van der Waals surface area contributed by atoms with Crippen LogP contribution in [0, 0.1) is 5.92 Å². The number of carbonyl (C=O) groups is 1. The van der Waals surface area contributed by atoms with Crippen LogP contribution in [0.4, 0.5) is 0 Å². The molecule has 0 saturated heterocycles. The molecule has 2 N–H and O–H groups in total. The molecule has 0 aromatic heterocycles. The Morgan fingerprint density at radius 3 is 2.76 bits per heavy atom. The highest BCUT2D eigenvalue weighted by Gasteiger charge is 2.25. The van der Waals surface area contributed by atoms with Gasteiger partial charge in [-0.25, -0.2) is 0 Å². The zero-order valence-electron chi connectivity index (χ0n) is 13.0. The zero-order valence-corrected chi connectivity index (χ0v) is 13.0. The van der Waals surface area contributed by atoms with Crippen LogP contribution in [0.1, 0.15) is 66.1 Å². The molecule has 1 aliphatic heterocycles. The van der Waals surface area contributed by atoms with E-state index in [1.54, 1.807) is 0 Å². The van der Waals surface area contributed by atoms with Gasteiger partial charge in [-0.2, -0.15) is 0 Å². The average Bonchev–Trinajstić information content (AvgIpc) is 2.71. The third kappa shape index (κ3) is 3.13. The van der Waals surface area contributed by atoms with Gasteiger partial charge in [-0.3, -0.25) is 4.79 Å². The standard InChI is InChI=1S/C18H26N2O/c1-19-17(14-6-3-2-4-7-14)15-10-9-13-8-5-11-20-18(21)16(13)12-15/h9-10,12,14,17,19H,2-8,11H2,1H3,(H,20,21). The molecule has 3 rings (SSSR count). The van der Waals surface area contributed by atoms with Crippen molar-refractivity contribution in [2.24, 2.45) is 5.92 Å². The van der Waals surface area contributed by atoms with Gasteiger partial charge in [0.25, 0.3) is 5.91 Å². The van der Waals surface area contributed by atoms with Gasteiger partial charge in [0, 0.05) is 18.2 Å². The molecule has 1 heterocycles. The lowest BCUT2D eigenvalue weighted by molar-refractivity contribution is 0.0956. The van der Waals surface area contributed by atoms with Gasteiger partial charge in [-0.05, 0) is 55.8 Å². The van der Waals surface area contributed by atoms with Gasteiger partial charge in [0.15, 0.2) is 0 Å². The lowest BCUT2D eigenvalue weighted by Gasteiger charge is -2.30. The van der Waals surface area contributed by atoms with Crippen LogP contribution >= 0.6 is 0 Å². The number of aryl methyl sites for hydroxylation is 1. The van der Waals surface area contributed by atoms with Crippen LogP contribution in [-0.2, 0) is 6.42 Å². The van der Waals surface area contributed by atoms with E-state index in [1.807, 2.05) is 7.05 Å². The molecule has 2 aliphatic rings. The van der Waals surface area contributed by atoms with E-state index in [0.29, 0.717) is 12.0 Å². The highest BCUT2D eigenvalue weighted by molar-refractivity contribution is 5.96. The summed E-state index contributed by atoms with van der Waals surface area (Å²) in [5, 5.41) is 6.50. The minimum Gasteiger partial charge on any atom is -0.352 e. The smallest absolute Gasteiger partial charge is 0.251 e. The van der Waals surface area contributed by atoms with Crippen LogP contribution < -0.4 is 10.6 Å². The Morgan fingerprint density at radius 2 is 2.00 bits per heavy atom. The number of benzene rings is 1. The molecule has 1 unspecified atom stereocenters. The molecule has 3 heteroatoms. The molecule has 1 atom stereocenters. The Balaban J connectivity index is 1.88. The molecule has 3 nitrogen and oxygen atoms in total. The summed E-state index contributed by atoms with van der Waals surface area (Å²) in [6.45, 7) is 0.793. The fraction of sp³-hybridized carbons (Fsp3) is 0.611. The molecular formula is C18H26N2O. The van der Waals surface area contributed by atoms with Crippen molar-refractivity contribution in [1.82, 2.24) is 10.6 Å². The maximum atomic E-state index is 12.2. The summed E-state index contributed by atoms with van der Waals surface area (Å²) in [5.41, 5.74) is 3.37. The lowest BCUT2D eigenvalue weighted by Crippen LogP contribution is -2.28. The summed E-state index contributed by atoms with van der Waals surface area (Å²) < 4.78 is 0. The zero-order chi connectivity index (χ0) is 14.7. The fourth-order valence-corrected chi connectivity index (χ4v) is 3.93. The van der Waals surface area contributed by atoms with Crippen molar-refractivity contribution in [1.29, 1.82) is 0 Å². The summed E-state index contributed by atoms with van der Waals surface area (Å²) in [4.78, 5) is 12.2. The number of hydrogen-bond acceptors (Lipinski definition) is 2. The third-order valence-electron chi connectivity index (χ3n) is 5.08. The second-order valence-electron chi connectivity index (χ2n) is 6.44. The summed E-state index contributed by atoms with van der Waals surface area (Å²) in [7, 11) is 2.05. The molecule has 0 radical (unpaired) electrons. The first-order valence-corrected chi connectivity index (χ1v) is 8.38. The van der Waals surface area contributed by atoms with E-state index in [4.69, 9.17) is 0 Å². The second kappa shape index (κ2) is 6.61. The van der Waals surface area contributed by atoms with Crippen molar-refractivity contribution in [3.05, 3.63) is 34.9 Å². The molecule has 1 saturated carbocycles. The SMILES string of the molecule is CNC(c1ccc2c(c1)C(=O)NCCC2)C1CCCCC1. The monoisotopic (exact) mass is 286 g/mol. The maximum Gasteiger partial charge on any atom is 0.251 e. The number of hydrogen-bond donors (Lipinski definition) is 2. The Morgan fingerprint density at radius 1 is 1.19 bits per heavy atom. The topological polar surface area (TPSA) is 41.1 Å². The molecule has 1 fully saturated rings. The van der Waals surface area contributed by atoms with Gasteiger partial charge in [-0.1, -0.05) is 31.4 Å². The maximum absolute atomic E-state index is 12.2. The lowest BCUT2D eigenvalue weighted by atomic mass is 9.80. The number of rotatable bonds is 3. The van der Waals surface area contributed by atoms with Crippen LogP contribution in [0.3, 0.4) is 0 Å². The van der Waals surface area contributed by atoms with Gasteiger partial charge in [0.2, 0.25) is 0 Å². The van der Waals surface area contributed by atoms with Gasteiger partial charge in [0.1, 0.15) is 0 Å². The Kier molecular flexibility index (Phi) is 4.59. The largest absolute Gasteiger partial charge is 0.352 e. The van der Waals surface area contributed by atoms with Crippen LogP contribution in [0.25, 0.3) is 0 Å². The van der Waals surface area contributed by atoms with Crippen molar-refractivity contribution < 1.29 is 4.79 Å². The molecule has 1 amide bonds. The number of carbonyl (C=O) groups excluding carboxylic acids is 1. The summed E-state index contributed by atoms with van der Waals surface area (Å²) in [5.74, 6) is 0.804. The summed E-state index contributed by atoms with van der Waals surface area (Å²) in [6.07, 6.45) is 8.70. The molecule has 0 bridgehead atoms. The van der Waals surface area contributed by atoms with Crippen molar-refractivity contribution in [2.75, 3.05) is 13.6 Å². The predicted octanol–water partition coefficient (Wildman–Crippen LogP) is 3.20. The normalized spacial score (nSPS) is 21.3. The quantitative estimate of drug-likeness (QED) is 0.896. The van der Waals surface area contributed by atoms with Crippen LogP contribution in [0.5, 0.6) is 0 Å². The Bertz CT molecular complexity index is 506.